The summed E-state index contributed by atoms with van der Waals surface area (Å²) in [4.78, 5) is 37.9. The Morgan fingerprint density at radius 1 is 1.16 bits per heavy atom. The van der Waals surface area contributed by atoms with Gasteiger partial charge in [0.1, 0.15) is 17.0 Å². The Labute approximate surface area is 180 Å². The van der Waals surface area contributed by atoms with Crippen molar-refractivity contribution in [3.63, 3.8) is 0 Å². The van der Waals surface area contributed by atoms with Gasteiger partial charge in [-0.15, -0.1) is 0 Å². The molecule has 0 aliphatic carbocycles. The van der Waals surface area contributed by atoms with E-state index >= 15 is 0 Å². The van der Waals surface area contributed by atoms with Crippen molar-refractivity contribution in [3.05, 3.63) is 59.2 Å². The molecule has 2 N–H and O–H groups in total. The van der Waals surface area contributed by atoms with Crippen molar-refractivity contribution >= 4 is 17.9 Å². The second kappa shape index (κ2) is 9.07. The second-order valence-electron chi connectivity index (χ2n) is 7.36. The number of carboxylic acids is 1. The molecule has 2 aromatic carbocycles. The molecule has 8 nitrogen and oxygen atoms in total. The summed E-state index contributed by atoms with van der Waals surface area (Å²) >= 11 is 0. The number of carbonyl (C=O) groups is 3. The minimum Gasteiger partial charge on any atom is -0.496 e. The van der Waals surface area contributed by atoms with Gasteiger partial charge in [0.15, 0.2) is 0 Å². The summed E-state index contributed by atoms with van der Waals surface area (Å²) in [7, 11) is 1.59. The average Bonchev–Trinajstić information content (AvgIpc) is 3.01. The largest absolute Gasteiger partial charge is 0.496 e. The third kappa shape index (κ3) is 4.33. The molecule has 1 aliphatic rings. The van der Waals surface area contributed by atoms with Crippen LogP contribution in [0.2, 0.25) is 0 Å². The van der Waals surface area contributed by atoms with Gasteiger partial charge in [-0.2, -0.15) is 0 Å². The summed E-state index contributed by atoms with van der Waals surface area (Å²) in [6.45, 7) is 4.26. The minimum absolute atomic E-state index is 0.177. The second-order valence-corrected chi connectivity index (χ2v) is 7.36. The molecule has 0 saturated carbocycles. The Morgan fingerprint density at radius 3 is 2.45 bits per heavy atom. The zero-order chi connectivity index (χ0) is 22.6. The quantitative estimate of drug-likeness (QED) is 0.471. The van der Waals surface area contributed by atoms with E-state index in [4.69, 9.17) is 14.6 Å². The van der Waals surface area contributed by atoms with E-state index in [9.17, 15) is 14.4 Å². The number of carboxylic acid groups (broad SMARTS) is 1. The van der Waals surface area contributed by atoms with Crippen molar-refractivity contribution < 1.29 is 29.0 Å². The molecule has 0 aromatic heterocycles. The lowest BCUT2D eigenvalue weighted by molar-refractivity contribution is -0.131. The Balaban J connectivity index is 1.64. The molecule has 1 unspecified atom stereocenters. The molecule has 0 radical (unpaired) electrons. The van der Waals surface area contributed by atoms with E-state index < -0.39 is 17.5 Å². The van der Waals surface area contributed by atoms with E-state index in [1.807, 2.05) is 19.9 Å². The van der Waals surface area contributed by atoms with E-state index in [0.717, 1.165) is 16.9 Å². The number of hydrogen-bond acceptors (Lipinski definition) is 5. The lowest BCUT2D eigenvalue weighted by Gasteiger charge is -2.26. The van der Waals surface area contributed by atoms with Crippen LogP contribution in [0.25, 0.3) is 0 Å². The lowest BCUT2D eigenvalue weighted by Crippen LogP contribution is -2.43. The van der Waals surface area contributed by atoms with Gasteiger partial charge in [0, 0.05) is 6.54 Å². The van der Waals surface area contributed by atoms with Crippen LogP contribution in [0.4, 0.5) is 4.79 Å². The molecular weight excluding hydrogens is 400 g/mol. The molecular formula is C23H26N2O6. The number of ether oxygens (including phenoxy) is 2. The first kappa shape index (κ1) is 22.1. The molecule has 1 fully saturated rings. The van der Waals surface area contributed by atoms with E-state index in [2.05, 4.69) is 5.32 Å². The maximum atomic E-state index is 13.2. The number of nitrogens with zero attached hydrogens (tertiary/aromatic N) is 1. The first-order valence-electron chi connectivity index (χ1n) is 10.1. The minimum atomic E-state index is -1.10. The van der Waals surface area contributed by atoms with Crippen LogP contribution in [0.3, 0.4) is 0 Å². The van der Waals surface area contributed by atoms with Crippen LogP contribution in [-0.4, -0.2) is 48.2 Å². The van der Waals surface area contributed by atoms with Gasteiger partial charge >= 0.3 is 12.0 Å². The van der Waals surface area contributed by atoms with Crippen molar-refractivity contribution in [3.8, 4) is 11.5 Å². The normalized spacial score (nSPS) is 18.1. The molecule has 2 aromatic rings. The van der Waals surface area contributed by atoms with Crippen molar-refractivity contribution in [1.29, 1.82) is 0 Å². The number of aromatic carboxylic acids is 1. The Hall–Kier alpha value is -3.55. The maximum Gasteiger partial charge on any atom is 0.335 e. The van der Waals surface area contributed by atoms with Gasteiger partial charge in [0.05, 0.1) is 19.3 Å². The van der Waals surface area contributed by atoms with Crippen molar-refractivity contribution in [2.45, 2.75) is 32.2 Å². The molecule has 0 spiro atoms. The maximum absolute atomic E-state index is 13.2. The first-order valence-corrected chi connectivity index (χ1v) is 10.1. The molecule has 0 bridgehead atoms. The third-order valence-corrected chi connectivity index (χ3v) is 5.49. The zero-order valence-corrected chi connectivity index (χ0v) is 17.8. The van der Waals surface area contributed by atoms with Crippen LogP contribution < -0.4 is 14.8 Å². The predicted molar refractivity (Wildman–Crippen MR) is 113 cm³/mol. The number of aryl methyl sites for hydroxylation is 1. The number of imide groups is 1. The van der Waals surface area contributed by atoms with Crippen LogP contribution in [0.1, 0.15) is 41.3 Å². The summed E-state index contributed by atoms with van der Waals surface area (Å²) in [6, 6.07) is 11.1. The summed E-state index contributed by atoms with van der Waals surface area (Å²) in [5.74, 6) is -0.0390. The zero-order valence-electron chi connectivity index (χ0n) is 17.8. The van der Waals surface area contributed by atoms with Gasteiger partial charge in [0.25, 0.3) is 5.91 Å². The first-order chi connectivity index (χ1) is 14.8. The molecule has 1 saturated heterocycles. The van der Waals surface area contributed by atoms with Gasteiger partial charge < -0.3 is 19.9 Å². The summed E-state index contributed by atoms with van der Waals surface area (Å²) < 4.78 is 10.9. The number of urea groups is 1. The van der Waals surface area contributed by atoms with Crippen LogP contribution >= 0.6 is 0 Å². The summed E-state index contributed by atoms with van der Waals surface area (Å²) in [6.07, 6.45) is 0.869. The molecule has 31 heavy (non-hydrogen) atoms. The summed E-state index contributed by atoms with van der Waals surface area (Å²) in [5.41, 5.74) is 0.692. The van der Waals surface area contributed by atoms with Crippen molar-refractivity contribution in [2.75, 3.05) is 20.3 Å². The standard InChI is InChI=1S/C23H26N2O6/c1-4-23(17-8-11-19(30-3)15(2)14-17)21(28)25(22(29)24-23)12-5-13-31-18-9-6-16(7-10-18)20(26)27/h6-11,14H,4-5,12-13H2,1-3H3,(H,24,29)(H,26,27). The number of methoxy groups -OCH3 is 1. The topological polar surface area (TPSA) is 105 Å². The van der Waals surface area contributed by atoms with Gasteiger partial charge in [-0.1, -0.05) is 13.0 Å². The van der Waals surface area contributed by atoms with Crippen LogP contribution in [0, 0.1) is 6.92 Å². The number of rotatable bonds is 9. The van der Waals surface area contributed by atoms with E-state index in [1.54, 1.807) is 31.4 Å². The lowest BCUT2D eigenvalue weighted by atomic mass is 9.86. The highest BCUT2D eigenvalue weighted by molar-refractivity contribution is 6.07. The van der Waals surface area contributed by atoms with E-state index in [1.165, 1.54) is 17.0 Å². The highest BCUT2D eigenvalue weighted by atomic mass is 16.5. The Morgan fingerprint density at radius 2 is 1.87 bits per heavy atom. The van der Waals surface area contributed by atoms with Gasteiger partial charge in [0.2, 0.25) is 0 Å². The van der Waals surface area contributed by atoms with Crippen molar-refractivity contribution in [2.24, 2.45) is 0 Å². The average molecular weight is 426 g/mol. The van der Waals surface area contributed by atoms with E-state index in [-0.39, 0.29) is 24.6 Å². The fraction of sp³-hybridized carbons (Fsp3) is 0.348. The summed E-state index contributed by atoms with van der Waals surface area (Å²) in [5, 5.41) is 11.8. The van der Waals surface area contributed by atoms with Gasteiger partial charge in [-0.3, -0.25) is 9.69 Å². The molecule has 3 rings (SSSR count). The van der Waals surface area contributed by atoms with Crippen molar-refractivity contribution in [1.82, 2.24) is 10.2 Å². The monoisotopic (exact) mass is 426 g/mol. The highest BCUT2D eigenvalue weighted by Crippen LogP contribution is 2.34. The highest BCUT2D eigenvalue weighted by Gasteiger charge is 2.51. The van der Waals surface area contributed by atoms with Crippen LogP contribution in [0.15, 0.2) is 42.5 Å². The molecule has 8 heteroatoms. The fourth-order valence-electron chi connectivity index (χ4n) is 3.72. The fourth-order valence-corrected chi connectivity index (χ4v) is 3.72. The number of hydrogen-bond donors (Lipinski definition) is 2. The smallest absolute Gasteiger partial charge is 0.335 e. The molecule has 1 aliphatic heterocycles. The van der Waals surface area contributed by atoms with E-state index in [0.29, 0.717) is 18.6 Å². The SMILES string of the molecule is CCC1(c2ccc(OC)c(C)c2)NC(=O)N(CCCOc2ccc(C(=O)O)cc2)C1=O. The Kier molecular flexibility index (Phi) is 6.48. The molecule has 164 valence electrons. The number of carbonyl (C=O) groups excluding carboxylic acids is 2. The number of nitrogens with one attached hydrogen (secondary N) is 1. The Bertz CT molecular complexity index is 988. The van der Waals surface area contributed by atoms with Crippen LogP contribution in [-0.2, 0) is 10.3 Å². The van der Waals surface area contributed by atoms with Gasteiger partial charge in [-0.25, -0.2) is 9.59 Å². The molecule has 1 heterocycles. The number of amides is 3. The van der Waals surface area contributed by atoms with Crippen LogP contribution in [0.5, 0.6) is 11.5 Å². The predicted octanol–water partition coefficient (Wildman–Crippen LogP) is 3.33. The van der Waals surface area contributed by atoms with Gasteiger partial charge in [-0.05, 0) is 67.3 Å². The molecule has 1 atom stereocenters. The molecule has 3 amide bonds. The third-order valence-electron chi connectivity index (χ3n) is 5.49. The number of benzene rings is 2.